The smallest absolute Gasteiger partial charge is 0.320 e. The normalized spacial score (nSPS) is 26.7. The molecule has 1 unspecified atom stereocenters. The molecule has 0 aromatic heterocycles. The maximum atomic E-state index is 12.0. The van der Waals surface area contributed by atoms with Crippen LogP contribution in [0.15, 0.2) is 0 Å². The summed E-state index contributed by atoms with van der Waals surface area (Å²) in [7, 11) is 0. The number of urea groups is 1. The van der Waals surface area contributed by atoms with Crippen LogP contribution < -0.4 is 5.32 Å². The number of amides is 3. The van der Waals surface area contributed by atoms with Gasteiger partial charge in [-0.3, -0.25) is 4.79 Å². The summed E-state index contributed by atoms with van der Waals surface area (Å²) in [5, 5.41) is 2.76. The second kappa shape index (κ2) is 4.08. The molecule has 0 radical (unpaired) electrons. The topological polar surface area (TPSA) is 52.7 Å². The van der Waals surface area contributed by atoms with Crippen LogP contribution in [0.1, 0.15) is 19.8 Å². The van der Waals surface area contributed by atoms with Crippen LogP contribution in [0.4, 0.5) is 4.79 Å². The van der Waals surface area contributed by atoms with Crippen LogP contribution in [-0.4, -0.2) is 54.0 Å². The van der Waals surface area contributed by atoms with Crippen molar-refractivity contribution >= 4 is 11.9 Å². The summed E-state index contributed by atoms with van der Waals surface area (Å²) in [5.74, 6) is -0.0474. The Morgan fingerprint density at radius 2 is 2.00 bits per heavy atom. The van der Waals surface area contributed by atoms with Crippen molar-refractivity contribution in [2.75, 3.05) is 26.2 Å². The van der Waals surface area contributed by atoms with Gasteiger partial charge in [0, 0.05) is 26.2 Å². The Hall–Kier alpha value is -1.26. The number of likely N-dealkylation sites (tertiary alicyclic amines) is 1. The first-order chi connectivity index (χ1) is 7.20. The van der Waals surface area contributed by atoms with Crippen LogP contribution in [0.2, 0.25) is 0 Å². The zero-order chi connectivity index (χ0) is 10.8. The monoisotopic (exact) mass is 211 g/mol. The third kappa shape index (κ3) is 1.91. The van der Waals surface area contributed by atoms with Gasteiger partial charge in [-0.2, -0.15) is 0 Å². The van der Waals surface area contributed by atoms with Crippen molar-refractivity contribution in [3.05, 3.63) is 0 Å². The van der Waals surface area contributed by atoms with E-state index in [1.165, 1.54) is 0 Å². The molecule has 2 saturated heterocycles. The molecule has 84 valence electrons. The summed E-state index contributed by atoms with van der Waals surface area (Å²) >= 11 is 0. The van der Waals surface area contributed by atoms with E-state index < -0.39 is 0 Å². The fraction of sp³-hybridized carbons (Fsp3) is 0.800. The van der Waals surface area contributed by atoms with Crippen LogP contribution in [0.25, 0.3) is 0 Å². The molecule has 2 heterocycles. The van der Waals surface area contributed by atoms with Gasteiger partial charge < -0.3 is 15.1 Å². The summed E-state index contributed by atoms with van der Waals surface area (Å²) in [6.07, 6.45) is 2.17. The van der Waals surface area contributed by atoms with E-state index in [-0.39, 0.29) is 18.0 Å². The van der Waals surface area contributed by atoms with Crippen LogP contribution in [0, 0.1) is 0 Å². The minimum absolute atomic E-state index is 0.0230. The quantitative estimate of drug-likeness (QED) is 0.614. The maximum Gasteiger partial charge on any atom is 0.320 e. The second-order valence-electron chi connectivity index (χ2n) is 4.14. The molecule has 0 spiro atoms. The molecule has 2 fully saturated rings. The van der Waals surface area contributed by atoms with E-state index in [1.807, 2.05) is 4.90 Å². The third-order valence-corrected chi connectivity index (χ3v) is 3.12. The average Bonchev–Trinajstić information content (AvgIpc) is 2.74. The van der Waals surface area contributed by atoms with E-state index in [0.717, 1.165) is 25.9 Å². The molecule has 2 aliphatic heterocycles. The first-order valence-corrected chi connectivity index (χ1v) is 5.53. The maximum absolute atomic E-state index is 12.0. The van der Waals surface area contributed by atoms with Gasteiger partial charge >= 0.3 is 6.03 Å². The molecule has 0 bridgehead atoms. The fourth-order valence-corrected chi connectivity index (χ4v) is 2.13. The Morgan fingerprint density at radius 1 is 1.33 bits per heavy atom. The highest BCUT2D eigenvalue weighted by Gasteiger charge is 2.32. The molecular weight excluding hydrogens is 194 g/mol. The number of rotatable bonds is 0. The van der Waals surface area contributed by atoms with Crippen molar-refractivity contribution in [1.82, 2.24) is 15.1 Å². The lowest BCUT2D eigenvalue weighted by molar-refractivity contribution is -0.127. The van der Waals surface area contributed by atoms with Gasteiger partial charge in [-0.15, -0.1) is 0 Å². The largest absolute Gasteiger partial charge is 0.353 e. The lowest BCUT2D eigenvalue weighted by Gasteiger charge is -2.35. The van der Waals surface area contributed by atoms with Gasteiger partial charge in [-0.25, -0.2) is 4.79 Å². The molecule has 0 aromatic carbocycles. The highest BCUT2D eigenvalue weighted by atomic mass is 16.2. The third-order valence-electron chi connectivity index (χ3n) is 3.12. The van der Waals surface area contributed by atoms with Crippen LogP contribution >= 0.6 is 0 Å². The van der Waals surface area contributed by atoms with Crippen molar-refractivity contribution in [2.24, 2.45) is 0 Å². The van der Waals surface area contributed by atoms with Crippen LogP contribution in [-0.2, 0) is 4.79 Å². The molecule has 15 heavy (non-hydrogen) atoms. The molecule has 5 nitrogen and oxygen atoms in total. The SMILES string of the molecule is CC1C(=O)NCCN1C(=O)N1CCCC1. The Balaban J connectivity index is 2.01. The van der Waals surface area contributed by atoms with E-state index in [2.05, 4.69) is 5.32 Å². The first kappa shape index (κ1) is 10.3. The van der Waals surface area contributed by atoms with Gasteiger partial charge in [-0.05, 0) is 19.8 Å². The summed E-state index contributed by atoms with van der Waals surface area (Å²) in [6.45, 7) is 4.65. The Labute approximate surface area is 89.4 Å². The first-order valence-electron chi connectivity index (χ1n) is 5.53. The average molecular weight is 211 g/mol. The number of hydrogen-bond acceptors (Lipinski definition) is 2. The predicted octanol–water partition coefficient (Wildman–Crippen LogP) is 0.0225. The molecule has 0 aromatic rings. The lowest BCUT2D eigenvalue weighted by atomic mass is 10.2. The number of nitrogens with zero attached hydrogens (tertiary/aromatic N) is 2. The van der Waals surface area contributed by atoms with Crippen LogP contribution in [0.5, 0.6) is 0 Å². The number of carbonyl (C=O) groups excluding carboxylic acids is 2. The van der Waals surface area contributed by atoms with Gasteiger partial charge in [-0.1, -0.05) is 0 Å². The zero-order valence-corrected chi connectivity index (χ0v) is 9.03. The lowest BCUT2D eigenvalue weighted by Crippen LogP contribution is -2.58. The second-order valence-corrected chi connectivity index (χ2v) is 4.14. The summed E-state index contributed by atoms with van der Waals surface area (Å²) in [4.78, 5) is 26.9. The molecular formula is C10H17N3O2. The van der Waals surface area contributed by atoms with Gasteiger partial charge in [0.25, 0.3) is 0 Å². The molecule has 1 N–H and O–H groups in total. The molecule has 0 aliphatic carbocycles. The number of hydrogen-bond donors (Lipinski definition) is 1. The molecule has 3 amide bonds. The minimum atomic E-state index is -0.327. The number of piperazine rings is 1. The van der Waals surface area contributed by atoms with Crippen LogP contribution in [0.3, 0.4) is 0 Å². The Bertz CT molecular complexity index is 274. The van der Waals surface area contributed by atoms with Gasteiger partial charge in [0.05, 0.1) is 0 Å². The van der Waals surface area contributed by atoms with Crippen molar-refractivity contribution in [3.63, 3.8) is 0 Å². The Morgan fingerprint density at radius 3 is 2.67 bits per heavy atom. The predicted molar refractivity (Wildman–Crippen MR) is 55.4 cm³/mol. The minimum Gasteiger partial charge on any atom is -0.353 e. The van der Waals surface area contributed by atoms with E-state index in [0.29, 0.717) is 13.1 Å². The van der Waals surface area contributed by atoms with E-state index in [1.54, 1.807) is 11.8 Å². The highest BCUT2D eigenvalue weighted by Crippen LogP contribution is 2.13. The molecule has 0 saturated carbocycles. The van der Waals surface area contributed by atoms with Gasteiger partial charge in [0.1, 0.15) is 6.04 Å². The van der Waals surface area contributed by atoms with Crippen molar-refractivity contribution in [2.45, 2.75) is 25.8 Å². The van der Waals surface area contributed by atoms with Crippen molar-refractivity contribution < 1.29 is 9.59 Å². The molecule has 2 rings (SSSR count). The summed E-state index contributed by atoms with van der Waals surface area (Å²) in [6, 6.07) is -0.304. The fourth-order valence-electron chi connectivity index (χ4n) is 2.13. The van der Waals surface area contributed by atoms with E-state index >= 15 is 0 Å². The standard InChI is InChI=1S/C10H17N3O2/c1-8-9(14)11-4-7-13(8)10(15)12-5-2-3-6-12/h8H,2-7H2,1H3,(H,11,14). The molecule has 5 heteroatoms. The van der Waals surface area contributed by atoms with E-state index in [9.17, 15) is 9.59 Å². The number of nitrogens with one attached hydrogen (secondary N) is 1. The summed E-state index contributed by atoms with van der Waals surface area (Å²) in [5.41, 5.74) is 0. The van der Waals surface area contributed by atoms with Gasteiger partial charge in [0.15, 0.2) is 0 Å². The molecule has 1 atom stereocenters. The van der Waals surface area contributed by atoms with Gasteiger partial charge in [0.2, 0.25) is 5.91 Å². The number of carbonyl (C=O) groups is 2. The van der Waals surface area contributed by atoms with Crippen molar-refractivity contribution in [3.8, 4) is 0 Å². The highest BCUT2D eigenvalue weighted by molar-refractivity contribution is 5.87. The molecule has 2 aliphatic rings. The summed E-state index contributed by atoms with van der Waals surface area (Å²) < 4.78 is 0. The Kier molecular flexibility index (Phi) is 2.79. The van der Waals surface area contributed by atoms with Crippen molar-refractivity contribution in [1.29, 1.82) is 0 Å². The zero-order valence-electron chi connectivity index (χ0n) is 9.03. The van der Waals surface area contributed by atoms with E-state index in [4.69, 9.17) is 0 Å².